The van der Waals surface area contributed by atoms with Gasteiger partial charge in [-0.3, -0.25) is 4.98 Å². The molecule has 2 heterocycles. The second-order valence-electron chi connectivity index (χ2n) is 9.46. The smallest absolute Gasteiger partial charge is 0.165 e. The summed E-state index contributed by atoms with van der Waals surface area (Å²) in [6.45, 7) is 0. The first kappa shape index (κ1) is 20.9. The Kier molecular flexibility index (Phi) is 4.49. The van der Waals surface area contributed by atoms with Crippen LogP contribution in [0, 0.1) is 0 Å². The first-order chi connectivity index (χ1) is 18.9. The van der Waals surface area contributed by atoms with Gasteiger partial charge in [-0.15, -0.1) is 0 Å². The van der Waals surface area contributed by atoms with Crippen LogP contribution >= 0.6 is 0 Å². The summed E-state index contributed by atoms with van der Waals surface area (Å²) in [5.41, 5.74) is 7.53. The van der Waals surface area contributed by atoms with Crippen LogP contribution in [0.1, 0.15) is 0 Å². The number of benzene rings is 5. The highest BCUT2D eigenvalue weighted by Gasteiger charge is 2.28. The van der Waals surface area contributed by atoms with Crippen molar-refractivity contribution < 1.29 is 0 Å². The fourth-order valence-electron chi connectivity index (χ4n) is 5.68. The summed E-state index contributed by atoms with van der Waals surface area (Å²) in [6.07, 6.45) is 1.88. The lowest BCUT2D eigenvalue weighted by atomic mass is 9.91. The third-order valence-corrected chi connectivity index (χ3v) is 7.31. The van der Waals surface area contributed by atoms with E-state index >= 15 is 0 Å². The molecule has 2 aromatic heterocycles. The first-order valence-corrected chi connectivity index (χ1v) is 12.7. The van der Waals surface area contributed by atoms with Gasteiger partial charge in [0, 0.05) is 39.4 Å². The van der Waals surface area contributed by atoms with E-state index in [-0.39, 0.29) is 0 Å². The number of nitrogens with zero attached hydrogens (tertiary/aromatic N) is 4. The number of hydrogen-bond acceptors (Lipinski definition) is 4. The Labute approximate surface area is 219 Å². The van der Waals surface area contributed by atoms with Crippen molar-refractivity contribution in [2.24, 2.45) is 0 Å². The van der Waals surface area contributed by atoms with Gasteiger partial charge >= 0.3 is 0 Å². The maximum atomic E-state index is 5.09. The van der Waals surface area contributed by atoms with Crippen LogP contribution in [0.5, 0.6) is 0 Å². The molecule has 0 atom stereocenters. The monoisotopic (exact) mass is 484 g/mol. The molecule has 8 rings (SSSR count). The standard InChI is InChI=1S/C34H20N4/c1-3-11-21(12-4-1)32-36-33(22-13-5-2-6-14-22)38-34(37-32)29-23-15-7-8-16-24(23)30-28-25(17-9-18-27(28)29)26-19-10-20-35-31(26)30/h1-20H. The van der Waals surface area contributed by atoms with Crippen LogP contribution in [0.2, 0.25) is 0 Å². The number of rotatable bonds is 3. The minimum Gasteiger partial charge on any atom is -0.256 e. The van der Waals surface area contributed by atoms with Crippen molar-refractivity contribution in [1.82, 2.24) is 19.9 Å². The van der Waals surface area contributed by atoms with Crippen molar-refractivity contribution in [2.75, 3.05) is 0 Å². The molecule has 1 aliphatic rings. The quantitative estimate of drug-likeness (QED) is 0.237. The highest BCUT2D eigenvalue weighted by atomic mass is 15.0. The molecule has 4 heteroatoms. The Balaban J connectivity index is 1.51. The fourth-order valence-corrected chi connectivity index (χ4v) is 5.68. The summed E-state index contributed by atoms with van der Waals surface area (Å²) in [6, 6.07) is 39.4. The highest BCUT2D eigenvalue weighted by molar-refractivity contribution is 6.28. The lowest BCUT2D eigenvalue weighted by molar-refractivity contribution is 1.08. The molecule has 0 saturated heterocycles. The maximum absolute atomic E-state index is 5.09. The van der Waals surface area contributed by atoms with Crippen molar-refractivity contribution in [2.45, 2.75) is 0 Å². The van der Waals surface area contributed by atoms with E-state index in [1.807, 2.05) is 72.9 Å². The minimum atomic E-state index is 0.659. The zero-order valence-electron chi connectivity index (χ0n) is 20.3. The van der Waals surface area contributed by atoms with Crippen LogP contribution < -0.4 is 0 Å². The van der Waals surface area contributed by atoms with Crippen LogP contribution in [0.3, 0.4) is 0 Å². The molecule has 38 heavy (non-hydrogen) atoms. The van der Waals surface area contributed by atoms with Crippen LogP contribution in [0.25, 0.3) is 78.1 Å². The molecule has 176 valence electrons. The molecule has 0 amide bonds. The average Bonchev–Trinajstić information content (AvgIpc) is 3.34. The van der Waals surface area contributed by atoms with E-state index in [0.717, 1.165) is 38.5 Å². The number of aromatic nitrogens is 4. The fraction of sp³-hybridized carbons (Fsp3) is 0. The lowest BCUT2D eigenvalue weighted by Gasteiger charge is -2.15. The van der Waals surface area contributed by atoms with Crippen molar-refractivity contribution >= 4 is 21.5 Å². The van der Waals surface area contributed by atoms with Gasteiger partial charge < -0.3 is 0 Å². The van der Waals surface area contributed by atoms with Crippen molar-refractivity contribution in [3.63, 3.8) is 0 Å². The Morgan fingerprint density at radius 1 is 0.395 bits per heavy atom. The molecular weight excluding hydrogens is 464 g/mol. The van der Waals surface area contributed by atoms with Gasteiger partial charge in [0.25, 0.3) is 0 Å². The van der Waals surface area contributed by atoms with Crippen LogP contribution in [-0.4, -0.2) is 19.9 Å². The van der Waals surface area contributed by atoms with E-state index in [9.17, 15) is 0 Å². The SMILES string of the molecule is c1ccc(-c2nc(-c3ccccc3)nc(-c3c4ccccc4c4c5c(cccc35)-c3cccnc3-4)n2)cc1. The van der Waals surface area contributed by atoms with Crippen molar-refractivity contribution in [3.8, 4) is 56.5 Å². The van der Waals surface area contributed by atoms with Gasteiger partial charge in [0.1, 0.15) is 0 Å². The summed E-state index contributed by atoms with van der Waals surface area (Å²) < 4.78 is 0. The molecular formula is C34H20N4. The summed E-state index contributed by atoms with van der Waals surface area (Å²) in [4.78, 5) is 19.9. The Hall–Kier alpha value is -5.22. The maximum Gasteiger partial charge on any atom is 0.165 e. The Morgan fingerprint density at radius 2 is 0.947 bits per heavy atom. The third kappa shape index (κ3) is 3.04. The molecule has 4 nitrogen and oxygen atoms in total. The molecule has 5 aromatic carbocycles. The molecule has 0 aliphatic heterocycles. The third-order valence-electron chi connectivity index (χ3n) is 7.31. The zero-order valence-corrected chi connectivity index (χ0v) is 20.3. The van der Waals surface area contributed by atoms with E-state index < -0.39 is 0 Å². The summed E-state index contributed by atoms with van der Waals surface area (Å²) in [7, 11) is 0. The average molecular weight is 485 g/mol. The second-order valence-corrected chi connectivity index (χ2v) is 9.46. The second kappa shape index (κ2) is 8.15. The lowest BCUT2D eigenvalue weighted by Crippen LogP contribution is -2.01. The Bertz CT molecular complexity index is 1960. The molecule has 0 unspecified atom stereocenters. The van der Waals surface area contributed by atoms with Crippen LogP contribution in [0.15, 0.2) is 121 Å². The molecule has 1 aliphatic carbocycles. The first-order valence-electron chi connectivity index (χ1n) is 12.7. The van der Waals surface area contributed by atoms with Gasteiger partial charge in [0.15, 0.2) is 17.5 Å². The highest BCUT2D eigenvalue weighted by Crippen LogP contribution is 2.52. The summed E-state index contributed by atoms with van der Waals surface area (Å²) in [5.74, 6) is 1.99. The number of pyridine rings is 1. The largest absolute Gasteiger partial charge is 0.256 e. The van der Waals surface area contributed by atoms with Gasteiger partial charge in [0.2, 0.25) is 0 Å². The van der Waals surface area contributed by atoms with Crippen molar-refractivity contribution in [1.29, 1.82) is 0 Å². The van der Waals surface area contributed by atoms with E-state index in [2.05, 4.69) is 48.5 Å². The van der Waals surface area contributed by atoms with Crippen LogP contribution in [0.4, 0.5) is 0 Å². The predicted octanol–water partition coefficient (Wildman–Crippen LogP) is 8.22. The van der Waals surface area contributed by atoms with Crippen LogP contribution in [-0.2, 0) is 0 Å². The predicted molar refractivity (Wildman–Crippen MR) is 153 cm³/mol. The van der Waals surface area contributed by atoms with Gasteiger partial charge in [-0.05, 0) is 27.8 Å². The normalized spacial score (nSPS) is 11.7. The topological polar surface area (TPSA) is 51.6 Å². The van der Waals surface area contributed by atoms with Crippen molar-refractivity contribution in [3.05, 3.63) is 121 Å². The van der Waals surface area contributed by atoms with E-state index in [1.54, 1.807) is 0 Å². The molecule has 0 saturated carbocycles. The Morgan fingerprint density at radius 3 is 1.63 bits per heavy atom. The van der Waals surface area contributed by atoms with E-state index in [0.29, 0.717) is 17.5 Å². The number of fused-ring (bicyclic) bond motifs is 5. The molecule has 7 aromatic rings. The van der Waals surface area contributed by atoms with Gasteiger partial charge in [-0.2, -0.15) is 0 Å². The molecule has 0 N–H and O–H groups in total. The minimum absolute atomic E-state index is 0.659. The molecule has 0 bridgehead atoms. The van der Waals surface area contributed by atoms with Gasteiger partial charge in [-0.25, -0.2) is 15.0 Å². The van der Waals surface area contributed by atoms with Gasteiger partial charge in [-0.1, -0.05) is 109 Å². The summed E-state index contributed by atoms with van der Waals surface area (Å²) >= 11 is 0. The van der Waals surface area contributed by atoms with E-state index in [1.165, 1.54) is 22.1 Å². The molecule has 0 radical (unpaired) electrons. The van der Waals surface area contributed by atoms with E-state index in [4.69, 9.17) is 19.9 Å². The summed E-state index contributed by atoms with van der Waals surface area (Å²) in [5, 5.41) is 4.59. The molecule has 0 spiro atoms. The zero-order chi connectivity index (χ0) is 25.1. The molecule has 0 fully saturated rings. The number of hydrogen-bond donors (Lipinski definition) is 0. The van der Waals surface area contributed by atoms with Gasteiger partial charge in [0.05, 0.1) is 5.69 Å².